The number of ketones is 1. The van der Waals surface area contributed by atoms with Crippen LogP contribution in [0.5, 0.6) is 0 Å². The summed E-state index contributed by atoms with van der Waals surface area (Å²) in [4.78, 5) is 39.8. The maximum absolute atomic E-state index is 14.7. The largest absolute Gasteiger partial charge is 0.442 e. The van der Waals surface area contributed by atoms with E-state index in [-0.39, 0.29) is 37.6 Å². The van der Waals surface area contributed by atoms with Crippen molar-refractivity contribution in [3.8, 4) is 0 Å². The van der Waals surface area contributed by atoms with E-state index in [1.165, 1.54) is 11.0 Å². The molecule has 0 bridgehead atoms. The zero-order valence-electron chi connectivity index (χ0n) is 18.2. The van der Waals surface area contributed by atoms with Crippen LogP contribution in [0.25, 0.3) is 0 Å². The Balaban J connectivity index is 1.26. The molecule has 4 rings (SSSR count). The van der Waals surface area contributed by atoms with Crippen molar-refractivity contribution < 1.29 is 28.2 Å². The number of anilines is 2. The average Bonchev–Trinajstić information content (AvgIpc) is 3.22. The lowest BCUT2D eigenvalue weighted by atomic mass is 10.1. The predicted molar refractivity (Wildman–Crippen MR) is 120 cm³/mol. The summed E-state index contributed by atoms with van der Waals surface area (Å²) in [5.41, 5.74) is 1.44. The minimum atomic E-state index is -0.591. The van der Waals surface area contributed by atoms with Gasteiger partial charge in [-0.15, -0.1) is 0 Å². The van der Waals surface area contributed by atoms with E-state index in [1.54, 1.807) is 36.4 Å². The van der Waals surface area contributed by atoms with Crippen LogP contribution in [0.1, 0.15) is 23.2 Å². The zero-order valence-corrected chi connectivity index (χ0v) is 18.2. The fraction of sp³-hybridized carbons (Fsp3) is 0.375. The van der Waals surface area contributed by atoms with E-state index in [1.807, 2.05) is 11.0 Å². The van der Waals surface area contributed by atoms with E-state index >= 15 is 0 Å². The molecule has 0 radical (unpaired) electrons. The van der Waals surface area contributed by atoms with E-state index in [9.17, 15) is 18.8 Å². The van der Waals surface area contributed by atoms with E-state index in [0.29, 0.717) is 43.2 Å². The Bertz CT molecular complexity index is 1010. The number of rotatable bonds is 8. The molecule has 2 aliphatic heterocycles. The minimum absolute atomic E-state index is 0.0479. The van der Waals surface area contributed by atoms with Crippen molar-refractivity contribution >= 4 is 29.2 Å². The Hall–Kier alpha value is -3.46. The van der Waals surface area contributed by atoms with Crippen molar-refractivity contribution in [3.63, 3.8) is 0 Å². The van der Waals surface area contributed by atoms with Crippen LogP contribution in [0, 0.1) is 5.82 Å². The SMILES string of the molecule is O=C(CCC(=O)c1ccccc1)NCC1CN(c2ccc(N3CCOCC3)c(F)c2)C(=O)O1. The number of carbonyl (C=O) groups excluding carboxylic acids is 3. The summed E-state index contributed by atoms with van der Waals surface area (Å²) < 4.78 is 25.3. The van der Waals surface area contributed by atoms with Crippen LogP contribution in [0.4, 0.5) is 20.6 Å². The Morgan fingerprint density at radius 3 is 2.55 bits per heavy atom. The number of nitrogens with zero attached hydrogens (tertiary/aromatic N) is 2. The molecule has 1 N–H and O–H groups in total. The molecular weight excluding hydrogens is 429 g/mol. The fourth-order valence-electron chi connectivity index (χ4n) is 3.87. The lowest BCUT2D eigenvalue weighted by Crippen LogP contribution is -2.37. The molecule has 2 amide bonds. The van der Waals surface area contributed by atoms with Gasteiger partial charge in [-0.3, -0.25) is 14.5 Å². The standard InChI is InChI=1S/C24H26FN3O5/c25-20-14-18(6-7-21(20)27-10-12-32-13-11-27)28-16-19(33-24(28)31)15-26-23(30)9-8-22(29)17-4-2-1-3-5-17/h1-7,14,19H,8-13,15-16H2,(H,26,30). The lowest BCUT2D eigenvalue weighted by Gasteiger charge is -2.29. The van der Waals surface area contributed by atoms with Gasteiger partial charge in [0.15, 0.2) is 5.78 Å². The van der Waals surface area contributed by atoms with Crippen molar-refractivity contribution in [3.05, 3.63) is 59.9 Å². The lowest BCUT2D eigenvalue weighted by molar-refractivity contribution is -0.121. The number of cyclic esters (lactones) is 1. The molecule has 33 heavy (non-hydrogen) atoms. The molecule has 2 fully saturated rings. The van der Waals surface area contributed by atoms with E-state index in [4.69, 9.17) is 9.47 Å². The molecule has 9 heteroatoms. The third kappa shape index (κ3) is 5.67. The van der Waals surface area contributed by atoms with Gasteiger partial charge in [-0.2, -0.15) is 0 Å². The molecule has 0 spiro atoms. The van der Waals surface area contributed by atoms with Gasteiger partial charge < -0.3 is 19.7 Å². The monoisotopic (exact) mass is 455 g/mol. The van der Waals surface area contributed by atoms with Gasteiger partial charge in [0.25, 0.3) is 0 Å². The minimum Gasteiger partial charge on any atom is -0.442 e. The highest BCUT2D eigenvalue weighted by Gasteiger charge is 2.33. The van der Waals surface area contributed by atoms with Gasteiger partial charge in [-0.05, 0) is 18.2 Å². The van der Waals surface area contributed by atoms with Gasteiger partial charge in [0.2, 0.25) is 5.91 Å². The summed E-state index contributed by atoms with van der Waals surface area (Å²) in [5.74, 6) is -0.816. The first kappa shape index (κ1) is 22.7. The molecular formula is C24H26FN3O5. The van der Waals surface area contributed by atoms with Crippen LogP contribution in [0.15, 0.2) is 48.5 Å². The molecule has 174 valence electrons. The molecule has 8 nitrogen and oxygen atoms in total. The van der Waals surface area contributed by atoms with Crippen molar-refractivity contribution in [1.29, 1.82) is 0 Å². The zero-order chi connectivity index (χ0) is 23.2. The first-order chi connectivity index (χ1) is 16.0. The number of nitrogens with one attached hydrogen (secondary N) is 1. The smallest absolute Gasteiger partial charge is 0.414 e. The number of Topliss-reactive ketones (excluding diaryl/α,β-unsaturated/α-hetero) is 1. The molecule has 0 saturated carbocycles. The highest BCUT2D eigenvalue weighted by Crippen LogP contribution is 2.28. The number of amides is 2. The molecule has 2 aromatic carbocycles. The van der Waals surface area contributed by atoms with Crippen LogP contribution >= 0.6 is 0 Å². The quantitative estimate of drug-likeness (QED) is 0.616. The Morgan fingerprint density at radius 1 is 1.06 bits per heavy atom. The molecule has 2 aliphatic rings. The molecule has 0 aromatic heterocycles. The summed E-state index contributed by atoms with van der Waals surface area (Å²) in [6.07, 6.45) is -1.01. The van der Waals surface area contributed by atoms with E-state index in [2.05, 4.69) is 5.32 Å². The number of morpholine rings is 1. The average molecular weight is 455 g/mol. The van der Waals surface area contributed by atoms with Crippen LogP contribution in [-0.2, 0) is 14.3 Å². The van der Waals surface area contributed by atoms with Crippen molar-refractivity contribution in [1.82, 2.24) is 5.32 Å². The summed E-state index contributed by atoms with van der Waals surface area (Å²) in [7, 11) is 0. The van der Waals surface area contributed by atoms with Crippen LogP contribution in [0.3, 0.4) is 0 Å². The molecule has 2 heterocycles. The molecule has 0 aliphatic carbocycles. The first-order valence-electron chi connectivity index (χ1n) is 11.0. The number of ether oxygens (including phenoxy) is 2. The summed E-state index contributed by atoms with van der Waals surface area (Å²) in [5, 5.41) is 2.70. The van der Waals surface area contributed by atoms with Gasteiger partial charge in [-0.1, -0.05) is 30.3 Å². The molecule has 1 atom stereocenters. The second-order valence-corrected chi connectivity index (χ2v) is 7.94. The maximum atomic E-state index is 14.7. The van der Waals surface area contributed by atoms with Crippen molar-refractivity contribution in [2.45, 2.75) is 18.9 Å². The third-order valence-corrected chi connectivity index (χ3v) is 5.67. The number of halogens is 1. The van der Waals surface area contributed by atoms with Gasteiger partial charge in [0.05, 0.1) is 37.7 Å². The Morgan fingerprint density at radius 2 is 1.82 bits per heavy atom. The highest BCUT2D eigenvalue weighted by molar-refractivity contribution is 5.98. The molecule has 2 aromatic rings. The van der Waals surface area contributed by atoms with Crippen LogP contribution in [-0.4, -0.2) is 63.3 Å². The van der Waals surface area contributed by atoms with Crippen LogP contribution in [0.2, 0.25) is 0 Å². The molecule has 2 saturated heterocycles. The highest BCUT2D eigenvalue weighted by atomic mass is 19.1. The number of benzene rings is 2. The van der Waals surface area contributed by atoms with Crippen LogP contribution < -0.4 is 15.1 Å². The first-order valence-corrected chi connectivity index (χ1v) is 11.0. The normalized spacial score (nSPS) is 18.2. The van der Waals surface area contributed by atoms with Gasteiger partial charge >= 0.3 is 6.09 Å². The summed E-state index contributed by atoms with van der Waals surface area (Å²) >= 11 is 0. The maximum Gasteiger partial charge on any atom is 0.414 e. The fourth-order valence-corrected chi connectivity index (χ4v) is 3.87. The van der Waals surface area contributed by atoms with Crippen molar-refractivity contribution in [2.24, 2.45) is 0 Å². The second kappa shape index (κ2) is 10.4. The summed E-state index contributed by atoms with van der Waals surface area (Å²) in [6.45, 7) is 2.63. The van der Waals surface area contributed by atoms with Gasteiger partial charge in [-0.25, -0.2) is 9.18 Å². The predicted octanol–water partition coefficient (Wildman–Crippen LogP) is 2.77. The summed E-state index contributed by atoms with van der Waals surface area (Å²) in [6, 6.07) is 13.5. The topological polar surface area (TPSA) is 88.2 Å². The van der Waals surface area contributed by atoms with E-state index in [0.717, 1.165) is 0 Å². The third-order valence-electron chi connectivity index (χ3n) is 5.67. The van der Waals surface area contributed by atoms with E-state index < -0.39 is 18.0 Å². The van der Waals surface area contributed by atoms with Crippen molar-refractivity contribution in [2.75, 3.05) is 49.2 Å². The number of hydrogen-bond donors (Lipinski definition) is 1. The Labute approximate surface area is 191 Å². The second-order valence-electron chi connectivity index (χ2n) is 7.94. The van der Waals surface area contributed by atoms with Gasteiger partial charge in [0, 0.05) is 31.5 Å². The number of hydrogen-bond acceptors (Lipinski definition) is 6. The molecule has 1 unspecified atom stereocenters. The Kier molecular flexibility index (Phi) is 7.19. The van der Waals surface area contributed by atoms with Gasteiger partial charge in [0.1, 0.15) is 11.9 Å². The number of carbonyl (C=O) groups is 3.